The number of rotatable bonds is 1. The zero-order chi connectivity index (χ0) is 10.8. The first-order valence-electron chi connectivity index (χ1n) is 4.81. The van der Waals surface area contributed by atoms with Gasteiger partial charge in [0.15, 0.2) is 4.60 Å². The number of nitrogens with zero attached hydrogens (tertiary/aromatic N) is 2. The zero-order valence-electron chi connectivity index (χ0n) is 8.45. The van der Waals surface area contributed by atoms with E-state index in [-0.39, 0.29) is 17.3 Å². The van der Waals surface area contributed by atoms with Gasteiger partial charge < -0.3 is 10.2 Å². The number of hydrogen-bond acceptors (Lipinski definition) is 4. The van der Waals surface area contributed by atoms with Crippen LogP contribution in [0.4, 0.5) is 0 Å². The van der Waals surface area contributed by atoms with E-state index >= 15 is 0 Å². The van der Waals surface area contributed by atoms with Crippen LogP contribution in [-0.4, -0.2) is 42.1 Å². The number of aromatic nitrogens is 2. The van der Waals surface area contributed by atoms with Gasteiger partial charge >= 0.3 is 5.91 Å². The number of carbonyl (C=O) groups excluding carboxylic acids is 1. The summed E-state index contributed by atoms with van der Waals surface area (Å²) in [4.78, 5) is 24.5. The monoisotopic (exact) mass is 213 g/mol. The van der Waals surface area contributed by atoms with Crippen molar-refractivity contribution in [3.63, 3.8) is 0 Å². The van der Waals surface area contributed by atoms with Gasteiger partial charge in [-0.25, -0.2) is 0 Å². The highest BCUT2D eigenvalue weighted by Gasteiger charge is 2.28. The third-order valence-electron chi connectivity index (χ3n) is 2.48. The SMILES string of the molecule is Cc1c(C(=O)N2CCNCC2)[nH]o[n+]1=O. The fourth-order valence-electron chi connectivity index (χ4n) is 1.55. The third-order valence-corrected chi connectivity index (χ3v) is 2.48. The molecule has 7 heteroatoms. The molecule has 2 rings (SSSR count). The molecule has 0 bridgehead atoms. The predicted molar refractivity (Wildman–Crippen MR) is 49.9 cm³/mol. The molecule has 1 saturated heterocycles. The fourth-order valence-corrected chi connectivity index (χ4v) is 1.55. The minimum absolute atomic E-state index is 0.188. The van der Waals surface area contributed by atoms with Crippen molar-refractivity contribution in [1.82, 2.24) is 15.4 Å². The lowest BCUT2D eigenvalue weighted by atomic mass is 10.2. The van der Waals surface area contributed by atoms with E-state index in [1.54, 1.807) is 11.8 Å². The zero-order valence-corrected chi connectivity index (χ0v) is 8.45. The molecule has 7 nitrogen and oxygen atoms in total. The summed E-state index contributed by atoms with van der Waals surface area (Å²) in [5.41, 5.74) is 0.491. The van der Waals surface area contributed by atoms with E-state index < -0.39 is 0 Å². The average Bonchev–Trinajstić information content (AvgIpc) is 2.60. The van der Waals surface area contributed by atoms with E-state index in [1.807, 2.05) is 0 Å². The minimum Gasteiger partial charge on any atom is -0.333 e. The number of carbonyl (C=O) groups is 1. The molecule has 1 fully saturated rings. The maximum atomic E-state index is 11.9. The van der Waals surface area contributed by atoms with Gasteiger partial charge in [-0.3, -0.25) is 4.79 Å². The Kier molecular flexibility index (Phi) is 2.55. The molecule has 82 valence electrons. The van der Waals surface area contributed by atoms with Crippen LogP contribution in [0.15, 0.2) is 4.63 Å². The van der Waals surface area contributed by atoms with Crippen LogP contribution in [0.3, 0.4) is 0 Å². The van der Waals surface area contributed by atoms with Crippen molar-refractivity contribution in [2.75, 3.05) is 26.2 Å². The van der Waals surface area contributed by atoms with Gasteiger partial charge in [-0.2, -0.15) is 0 Å². The number of hydrogen-bond donors (Lipinski definition) is 2. The number of H-pyrrole nitrogens is 1. The van der Waals surface area contributed by atoms with Gasteiger partial charge in [-0.1, -0.05) is 9.79 Å². The number of aromatic amines is 1. The molecule has 0 unspecified atom stereocenters. The van der Waals surface area contributed by atoms with Crippen LogP contribution in [-0.2, 0) is 0 Å². The van der Waals surface area contributed by atoms with E-state index in [0.717, 1.165) is 13.1 Å². The molecule has 1 aliphatic rings. The first-order valence-corrected chi connectivity index (χ1v) is 4.81. The van der Waals surface area contributed by atoms with Crippen molar-refractivity contribution < 1.29 is 14.0 Å². The summed E-state index contributed by atoms with van der Waals surface area (Å²) >= 11 is 0. The lowest BCUT2D eigenvalue weighted by Gasteiger charge is -2.25. The summed E-state index contributed by atoms with van der Waals surface area (Å²) in [6, 6.07) is 0. The highest BCUT2D eigenvalue weighted by atomic mass is 16.7. The van der Waals surface area contributed by atoms with Gasteiger partial charge in [0, 0.05) is 33.1 Å². The predicted octanol–water partition coefficient (Wildman–Crippen LogP) is -1.12. The van der Waals surface area contributed by atoms with Crippen LogP contribution in [0.5, 0.6) is 0 Å². The Bertz CT molecular complexity index is 416. The van der Waals surface area contributed by atoms with Crippen LogP contribution >= 0.6 is 0 Å². The molecule has 0 aliphatic carbocycles. The highest BCUT2D eigenvalue weighted by Crippen LogP contribution is 2.04. The quantitative estimate of drug-likeness (QED) is 0.618. The van der Waals surface area contributed by atoms with Gasteiger partial charge in [0.25, 0.3) is 11.4 Å². The Morgan fingerprint density at radius 3 is 2.67 bits per heavy atom. The van der Waals surface area contributed by atoms with Crippen molar-refractivity contribution in [1.29, 1.82) is 0 Å². The summed E-state index contributed by atoms with van der Waals surface area (Å²) in [5, 5.41) is 5.48. The molecular weight excluding hydrogens is 200 g/mol. The normalized spacial score (nSPS) is 16.7. The third kappa shape index (κ3) is 1.78. The van der Waals surface area contributed by atoms with Crippen molar-refractivity contribution in [3.05, 3.63) is 16.3 Å². The first kappa shape index (κ1) is 9.91. The van der Waals surface area contributed by atoms with Crippen molar-refractivity contribution in [2.45, 2.75) is 6.92 Å². The Labute approximate surface area is 85.6 Å². The first-order chi connectivity index (χ1) is 7.20. The molecule has 0 radical (unpaired) electrons. The van der Waals surface area contributed by atoms with E-state index in [2.05, 4.69) is 15.1 Å². The molecule has 0 aromatic carbocycles. The molecule has 0 saturated carbocycles. The van der Waals surface area contributed by atoms with Gasteiger partial charge in [0.1, 0.15) is 0 Å². The second-order valence-corrected chi connectivity index (χ2v) is 3.45. The molecule has 0 spiro atoms. The fraction of sp³-hybridized carbons (Fsp3) is 0.625. The second kappa shape index (κ2) is 3.85. The summed E-state index contributed by atoms with van der Waals surface area (Å²) in [5.74, 6) is -0.188. The maximum absolute atomic E-state index is 11.9. The van der Waals surface area contributed by atoms with Gasteiger partial charge in [-0.15, -0.1) is 0 Å². The lowest BCUT2D eigenvalue weighted by molar-refractivity contribution is -0.718. The van der Waals surface area contributed by atoms with E-state index in [9.17, 15) is 9.70 Å². The Morgan fingerprint density at radius 1 is 1.47 bits per heavy atom. The topological polar surface area (TPSA) is 84.2 Å². The van der Waals surface area contributed by atoms with Crippen LogP contribution in [0.2, 0.25) is 0 Å². The van der Waals surface area contributed by atoms with Crippen molar-refractivity contribution in [3.8, 4) is 0 Å². The van der Waals surface area contributed by atoms with Crippen LogP contribution in [0.25, 0.3) is 0 Å². The van der Waals surface area contributed by atoms with Crippen molar-refractivity contribution in [2.24, 2.45) is 0 Å². The van der Waals surface area contributed by atoms with Gasteiger partial charge in [0.05, 0.1) is 0 Å². The standard InChI is InChI=1S/C8H13N4O3/c1-6-7(10-15-12(6)14)8(13)11-4-2-9-3-5-11/h9-10H,2-5H2,1H3/q+1. The molecular formula is C8H13N4O3+. The van der Waals surface area contributed by atoms with Gasteiger partial charge in [0.2, 0.25) is 0 Å². The Balaban J connectivity index is 2.20. The molecule has 1 aromatic heterocycles. The summed E-state index contributed by atoms with van der Waals surface area (Å²) in [6.07, 6.45) is 0. The second-order valence-electron chi connectivity index (χ2n) is 3.45. The molecule has 1 aliphatic heterocycles. The number of piperazine rings is 1. The Hall–Kier alpha value is -1.63. The smallest absolute Gasteiger partial charge is 0.301 e. The minimum atomic E-state index is -0.188. The molecule has 0 atom stereocenters. The highest BCUT2D eigenvalue weighted by molar-refractivity contribution is 5.92. The van der Waals surface area contributed by atoms with E-state index in [4.69, 9.17) is 0 Å². The molecule has 1 aromatic rings. The maximum Gasteiger partial charge on any atom is 0.301 e. The number of nitrogens with one attached hydrogen (secondary N) is 2. The van der Waals surface area contributed by atoms with Crippen LogP contribution in [0, 0.1) is 11.8 Å². The molecule has 2 heterocycles. The number of amides is 1. The summed E-state index contributed by atoms with van der Waals surface area (Å²) in [7, 11) is 0. The summed E-state index contributed by atoms with van der Waals surface area (Å²) < 4.78 is 4.78. The molecule has 15 heavy (non-hydrogen) atoms. The molecule has 2 N–H and O–H groups in total. The van der Waals surface area contributed by atoms with Gasteiger partial charge in [-0.05, 0) is 4.91 Å². The van der Waals surface area contributed by atoms with Crippen LogP contribution < -0.4 is 9.92 Å². The lowest BCUT2D eigenvalue weighted by Crippen LogP contribution is -2.46. The average molecular weight is 213 g/mol. The van der Waals surface area contributed by atoms with E-state index in [0.29, 0.717) is 17.7 Å². The van der Waals surface area contributed by atoms with Crippen molar-refractivity contribution >= 4 is 5.91 Å². The molecule has 1 amide bonds. The largest absolute Gasteiger partial charge is 0.333 e. The van der Waals surface area contributed by atoms with Crippen LogP contribution in [0.1, 0.15) is 16.2 Å². The summed E-state index contributed by atoms with van der Waals surface area (Å²) in [6.45, 7) is 4.40. The Morgan fingerprint density at radius 2 is 2.13 bits per heavy atom. The van der Waals surface area contributed by atoms with E-state index in [1.165, 1.54) is 0 Å².